The lowest BCUT2D eigenvalue weighted by Crippen LogP contribution is -2.38. The zero-order valence-electron chi connectivity index (χ0n) is 17.0. The number of rotatable bonds is 5. The van der Waals surface area contributed by atoms with Gasteiger partial charge in [0.2, 0.25) is 0 Å². The van der Waals surface area contributed by atoms with Crippen molar-refractivity contribution in [1.29, 1.82) is 0 Å². The number of hydrogen-bond donors (Lipinski definition) is 1. The summed E-state index contributed by atoms with van der Waals surface area (Å²) in [6, 6.07) is 0.559. The Balaban J connectivity index is 1.34. The van der Waals surface area contributed by atoms with Crippen molar-refractivity contribution < 1.29 is 4.79 Å². The Morgan fingerprint density at radius 3 is 2.66 bits per heavy atom. The lowest BCUT2D eigenvalue weighted by molar-refractivity contribution is 0.0925. The first-order valence-corrected chi connectivity index (χ1v) is 10.9. The second-order valence-corrected chi connectivity index (χ2v) is 8.93. The number of aromatic nitrogens is 5. The molecule has 4 rings (SSSR count). The van der Waals surface area contributed by atoms with Crippen molar-refractivity contribution in [2.75, 3.05) is 0 Å². The molecule has 1 aliphatic rings. The van der Waals surface area contributed by atoms with E-state index in [1.165, 1.54) is 11.3 Å². The Morgan fingerprint density at radius 2 is 2.00 bits per heavy atom. The third kappa shape index (κ3) is 4.37. The molecule has 29 heavy (non-hydrogen) atoms. The number of nitrogens with zero attached hydrogens (tertiary/aromatic N) is 5. The molecule has 0 atom stereocenters. The van der Waals surface area contributed by atoms with E-state index in [0.29, 0.717) is 12.0 Å². The van der Waals surface area contributed by atoms with E-state index < -0.39 is 0 Å². The fourth-order valence-corrected chi connectivity index (χ4v) is 4.70. The van der Waals surface area contributed by atoms with Crippen molar-refractivity contribution in [2.24, 2.45) is 0 Å². The number of hydrogen-bond acceptors (Lipinski definition) is 6. The summed E-state index contributed by atoms with van der Waals surface area (Å²) in [6.45, 7) is 6.12. The van der Waals surface area contributed by atoms with Gasteiger partial charge in [0.05, 0.1) is 34.8 Å². The number of carbonyl (C=O) groups is 1. The Bertz CT molecular complexity index is 972. The van der Waals surface area contributed by atoms with Crippen LogP contribution in [0.25, 0.3) is 11.3 Å². The zero-order valence-corrected chi connectivity index (χ0v) is 17.8. The highest BCUT2D eigenvalue weighted by Gasteiger charge is 2.26. The van der Waals surface area contributed by atoms with Crippen LogP contribution in [0.4, 0.5) is 0 Å². The second kappa shape index (κ2) is 8.41. The Morgan fingerprint density at radius 1 is 1.21 bits per heavy atom. The van der Waals surface area contributed by atoms with Crippen LogP contribution in [-0.4, -0.2) is 36.7 Å². The van der Waals surface area contributed by atoms with Crippen LogP contribution in [0.2, 0.25) is 0 Å². The molecular weight excluding hydrogens is 384 g/mol. The molecule has 0 aromatic carbocycles. The maximum atomic E-state index is 12.7. The van der Waals surface area contributed by atoms with Gasteiger partial charge < -0.3 is 5.32 Å². The van der Waals surface area contributed by atoms with Gasteiger partial charge in [-0.1, -0.05) is 13.8 Å². The van der Waals surface area contributed by atoms with Gasteiger partial charge in [0.15, 0.2) is 0 Å². The number of carbonyl (C=O) groups excluding carboxylic acids is 1. The van der Waals surface area contributed by atoms with Crippen LogP contribution in [0.1, 0.15) is 71.9 Å². The van der Waals surface area contributed by atoms with Gasteiger partial charge in [-0.15, -0.1) is 11.3 Å². The molecule has 1 aliphatic carbocycles. The van der Waals surface area contributed by atoms with Crippen molar-refractivity contribution >= 4 is 17.2 Å². The van der Waals surface area contributed by atoms with E-state index in [9.17, 15) is 4.79 Å². The van der Waals surface area contributed by atoms with Gasteiger partial charge in [0.1, 0.15) is 4.88 Å². The predicted molar refractivity (Wildman–Crippen MR) is 113 cm³/mol. The van der Waals surface area contributed by atoms with Crippen molar-refractivity contribution in [2.45, 2.75) is 64.5 Å². The molecule has 0 aliphatic heterocycles. The van der Waals surface area contributed by atoms with E-state index >= 15 is 0 Å². The first-order valence-electron chi connectivity index (χ1n) is 10.1. The van der Waals surface area contributed by atoms with Gasteiger partial charge >= 0.3 is 0 Å². The maximum Gasteiger partial charge on any atom is 0.263 e. The molecule has 3 aromatic rings. The molecule has 152 valence electrons. The fourth-order valence-electron chi connectivity index (χ4n) is 3.73. The summed E-state index contributed by atoms with van der Waals surface area (Å²) < 4.78 is 2.03. The van der Waals surface area contributed by atoms with Gasteiger partial charge in [-0.05, 0) is 32.6 Å². The molecule has 0 saturated heterocycles. The first-order chi connectivity index (χ1) is 14.0. The van der Waals surface area contributed by atoms with E-state index in [0.717, 1.165) is 52.5 Å². The monoisotopic (exact) mass is 410 g/mol. The molecule has 7 nitrogen and oxygen atoms in total. The van der Waals surface area contributed by atoms with Crippen LogP contribution in [0, 0.1) is 6.92 Å². The van der Waals surface area contributed by atoms with Gasteiger partial charge in [-0.3, -0.25) is 19.4 Å². The lowest BCUT2D eigenvalue weighted by atomic mass is 9.91. The summed E-state index contributed by atoms with van der Waals surface area (Å²) in [5.74, 6) is 0.357. The molecule has 8 heteroatoms. The standard InChI is InChI=1S/C21H26N6OS/c1-13(2)21-25-14(3)19(29-21)20(28)26-16-4-6-17(7-5-16)27-12-15(10-24-27)18-11-22-8-9-23-18/h8-13,16-17H,4-7H2,1-3H3,(H,26,28). The zero-order chi connectivity index (χ0) is 20.4. The Kier molecular flexibility index (Phi) is 5.71. The summed E-state index contributed by atoms with van der Waals surface area (Å²) in [4.78, 5) is 26.4. The Labute approximate surface area is 174 Å². The van der Waals surface area contributed by atoms with E-state index in [1.807, 2.05) is 24.0 Å². The minimum atomic E-state index is 0.0133. The highest BCUT2D eigenvalue weighted by atomic mass is 32.1. The molecule has 3 heterocycles. The average molecular weight is 411 g/mol. The molecule has 0 unspecified atom stereocenters. The molecule has 1 amide bonds. The molecule has 0 bridgehead atoms. The summed E-state index contributed by atoms with van der Waals surface area (Å²) in [5.41, 5.74) is 2.65. The first kappa shape index (κ1) is 19.7. The van der Waals surface area contributed by atoms with Crippen LogP contribution in [0.5, 0.6) is 0 Å². The highest BCUT2D eigenvalue weighted by molar-refractivity contribution is 7.13. The van der Waals surface area contributed by atoms with Crippen molar-refractivity contribution in [1.82, 2.24) is 30.0 Å². The quantitative estimate of drug-likeness (QED) is 0.683. The highest BCUT2D eigenvalue weighted by Crippen LogP contribution is 2.30. The summed E-state index contributed by atoms with van der Waals surface area (Å²) in [7, 11) is 0. The Hall–Kier alpha value is -2.61. The van der Waals surface area contributed by atoms with Crippen LogP contribution in [0.3, 0.4) is 0 Å². The van der Waals surface area contributed by atoms with Crippen LogP contribution in [-0.2, 0) is 0 Å². The predicted octanol–water partition coefficient (Wildman–Crippen LogP) is 4.14. The minimum absolute atomic E-state index is 0.0133. The molecule has 0 spiro atoms. The number of amides is 1. The third-order valence-electron chi connectivity index (χ3n) is 5.38. The van der Waals surface area contributed by atoms with Crippen molar-refractivity contribution in [3.8, 4) is 11.3 Å². The van der Waals surface area contributed by atoms with Gasteiger partial charge in [0, 0.05) is 36.1 Å². The SMILES string of the molecule is Cc1nc(C(C)C)sc1C(=O)NC1CCC(n2cc(-c3cnccn3)cn2)CC1. The fraction of sp³-hybridized carbons (Fsp3) is 0.476. The van der Waals surface area contributed by atoms with E-state index in [2.05, 4.69) is 39.2 Å². The summed E-state index contributed by atoms with van der Waals surface area (Å²) in [5, 5.41) is 8.77. The van der Waals surface area contributed by atoms with Crippen LogP contribution >= 0.6 is 11.3 Å². The number of thiazole rings is 1. The largest absolute Gasteiger partial charge is 0.349 e. The summed E-state index contributed by atoms with van der Waals surface area (Å²) >= 11 is 1.51. The molecule has 1 N–H and O–H groups in total. The van der Waals surface area contributed by atoms with E-state index in [1.54, 1.807) is 18.6 Å². The van der Waals surface area contributed by atoms with Crippen molar-refractivity contribution in [3.05, 3.63) is 46.6 Å². The minimum Gasteiger partial charge on any atom is -0.349 e. The van der Waals surface area contributed by atoms with Gasteiger partial charge in [-0.2, -0.15) is 5.10 Å². The molecule has 0 radical (unpaired) electrons. The maximum absolute atomic E-state index is 12.7. The van der Waals surface area contributed by atoms with Crippen molar-refractivity contribution in [3.63, 3.8) is 0 Å². The average Bonchev–Trinajstić information content (AvgIpc) is 3.36. The van der Waals surface area contributed by atoms with Crippen LogP contribution in [0.15, 0.2) is 31.0 Å². The third-order valence-corrected chi connectivity index (χ3v) is 6.84. The molecular formula is C21H26N6OS. The second-order valence-electron chi connectivity index (χ2n) is 7.90. The van der Waals surface area contributed by atoms with Gasteiger partial charge in [-0.25, -0.2) is 4.98 Å². The smallest absolute Gasteiger partial charge is 0.263 e. The van der Waals surface area contributed by atoms with E-state index in [4.69, 9.17) is 0 Å². The lowest BCUT2D eigenvalue weighted by Gasteiger charge is -2.29. The van der Waals surface area contributed by atoms with Crippen LogP contribution < -0.4 is 5.32 Å². The molecule has 1 saturated carbocycles. The number of nitrogens with one attached hydrogen (secondary N) is 1. The molecule has 1 fully saturated rings. The van der Waals surface area contributed by atoms with E-state index in [-0.39, 0.29) is 11.9 Å². The normalized spacial score (nSPS) is 19.4. The summed E-state index contributed by atoms with van der Waals surface area (Å²) in [6.07, 6.45) is 12.9. The topological polar surface area (TPSA) is 85.6 Å². The molecule has 3 aromatic heterocycles. The number of aryl methyl sites for hydroxylation is 1. The van der Waals surface area contributed by atoms with Gasteiger partial charge in [0.25, 0.3) is 5.91 Å².